The molecule has 4 nitrogen and oxygen atoms in total. The van der Waals surface area contributed by atoms with Crippen molar-refractivity contribution < 1.29 is 14.3 Å². The molecule has 1 aliphatic heterocycles. The third kappa shape index (κ3) is 4.25. The van der Waals surface area contributed by atoms with Crippen LogP contribution in [0.25, 0.3) is 10.4 Å². The number of carbonyl (C=O) groups excluding carboxylic acids is 1. The lowest BCUT2D eigenvalue weighted by atomic mass is 10.1. The van der Waals surface area contributed by atoms with E-state index in [4.69, 9.17) is 9.47 Å². The monoisotopic (exact) mass is 665 g/mol. The molecule has 1 aliphatic rings. The van der Waals surface area contributed by atoms with Crippen molar-refractivity contribution >= 4 is 79.9 Å². The van der Waals surface area contributed by atoms with Crippen molar-refractivity contribution in [2.24, 2.45) is 0 Å². The van der Waals surface area contributed by atoms with Gasteiger partial charge in [0.2, 0.25) is 0 Å². The number of rotatable bonds is 5. The first-order valence-corrected chi connectivity index (χ1v) is 12.9. The largest absolute Gasteiger partial charge is 0.485 e. The maximum absolute atomic E-state index is 11.5. The number of anilines is 3. The van der Waals surface area contributed by atoms with Crippen LogP contribution in [-0.2, 0) is 0 Å². The second kappa shape index (κ2) is 9.40. The van der Waals surface area contributed by atoms with Gasteiger partial charge in [-0.2, -0.15) is 0 Å². The summed E-state index contributed by atoms with van der Waals surface area (Å²) >= 11 is 6.05. The zero-order valence-corrected chi connectivity index (χ0v) is 21.9. The number of benzene rings is 3. The van der Waals surface area contributed by atoms with Crippen molar-refractivity contribution in [3.05, 3.63) is 84.8 Å². The average molecular weight is 665 g/mol. The number of carbonyl (C=O) groups is 1. The topological polar surface area (TPSA) is 38.8 Å². The van der Waals surface area contributed by atoms with Crippen LogP contribution in [0.5, 0.6) is 11.5 Å². The number of halogens is 2. The summed E-state index contributed by atoms with van der Waals surface area (Å²) in [6, 6.07) is 25.3. The van der Waals surface area contributed by atoms with Crippen LogP contribution in [0.4, 0.5) is 17.1 Å². The highest BCUT2D eigenvalue weighted by atomic mass is 127. The highest BCUT2D eigenvalue weighted by molar-refractivity contribution is 14.1. The average Bonchev–Trinajstić information content (AvgIpc) is 3.21. The normalized spacial score (nSPS) is 12.4. The highest BCUT2D eigenvalue weighted by Crippen LogP contribution is 2.49. The van der Waals surface area contributed by atoms with Crippen molar-refractivity contribution in [3.8, 4) is 21.9 Å². The fourth-order valence-corrected chi connectivity index (χ4v) is 5.36. The van der Waals surface area contributed by atoms with E-state index in [9.17, 15) is 4.79 Å². The Morgan fingerprint density at radius 3 is 1.69 bits per heavy atom. The zero-order chi connectivity index (χ0) is 22.1. The molecule has 0 radical (unpaired) electrons. The number of hydrogen-bond donors (Lipinski definition) is 0. The minimum Gasteiger partial charge on any atom is -0.485 e. The van der Waals surface area contributed by atoms with Gasteiger partial charge < -0.3 is 14.4 Å². The fraction of sp³-hybridized carbons (Fsp3) is 0.0800. The van der Waals surface area contributed by atoms with Gasteiger partial charge in [-0.1, -0.05) is 12.1 Å². The Kier molecular flexibility index (Phi) is 6.38. The van der Waals surface area contributed by atoms with E-state index in [1.165, 1.54) is 18.5 Å². The Bertz CT molecular complexity index is 1210. The molecule has 5 rings (SSSR count). The van der Waals surface area contributed by atoms with Gasteiger partial charge in [-0.25, -0.2) is 0 Å². The van der Waals surface area contributed by atoms with E-state index in [0.29, 0.717) is 29.6 Å². The molecule has 0 spiro atoms. The molecule has 0 atom stereocenters. The molecule has 0 unspecified atom stereocenters. The van der Waals surface area contributed by atoms with Crippen molar-refractivity contribution in [1.82, 2.24) is 0 Å². The number of thiophene rings is 1. The van der Waals surface area contributed by atoms with Crippen LogP contribution in [0, 0.1) is 7.14 Å². The molecular weight excluding hydrogens is 648 g/mol. The highest BCUT2D eigenvalue weighted by Gasteiger charge is 2.25. The second-order valence-corrected chi connectivity index (χ2v) is 10.6. The van der Waals surface area contributed by atoms with Crippen LogP contribution in [0.3, 0.4) is 0 Å². The van der Waals surface area contributed by atoms with Crippen molar-refractivity contribution in [3.63, 3.8) is 0 Å². The maximum atomic E-state index is 11.5. The molecule has 0 amide bonds. The van der Waals surface area contributed by atoms with E-state index in [1.54, 1.807) is 0 Å². The van der Waals surface area contributed by atoms with Gasteiger partial charge in [0.1, 0.15) is 18.1 Å². The van der Waals surface area contributed by atoms with Crippen LogP contribution in [0.1, 0.15) is 9.67 Å². The smallest absolute Gasteiger partial charge is 0.183 e. The van der Waals surface area contributed by atoms with Crippen molar-refractivity contribution in [1.29, 1.82) is 0 Å². The quantitative estimate of drug-likeness (QED) is 0.162. The minimum absolute atomic E-state index is 0.462. The number of nitrogens with zero attached hydrogens (tertiary/aromatic N) is 1. The molecule has 3 aromatic carbocycles. The van der Waals surface area contributed by atoms with Crippen LogP contribution in [0.15, 0.2) is 72.8 Å². The van der Waals surface area contributed by atoms with Gasteiger partial charge >= 0.3 is 0 Å². The van der Waals surface area contributed by atoms with E-state index in [1.807, 2.05) is 0 Å². The van der Waals surface area contributed by atoms with Crippen LogP contribution >= 0.6 is 56.5 Å². The Morgan fingerprint density at radius 1 is 0.719 bits per heavy atom. The van der Waals surface area contributed by atoms with Crippen LogP contribution in [0.2, 0.25) is 0 Å². The predicted octanol–water partition coefficient (Wildman–Crippen LogP) is 7.68. The van der Waals surface area contributed by atoms with E-state index in [-0.39, 0.29) is 0 Å². The lowest BCUT2D eigenvalue weighted by Crippen LogP contribution is -2.15. The maximum Gasteiger partial charge on any atom is 0.183 e. The summed E-state index contributed by atoms with van der Waals surface area (Å²) in [5.41, 5.74) is 4.23. The summed E-state index contributed by atoms with van der Waals surface area (Å²) in [6.45, 7) is 0.949. The van der Waals surface area contributed by atoms with Crippen molar-refractivity contribution in [2.45, 2.75) is 0 Å². The number of hydrogen-bond acceptors (Lipinski definition) is 5. The summed E-state index contributed by atoms with van der Waals surface area (Å²) < 4.78 is 13.9. The van der Waals surface area contributed by atoms with Gasteiger partial charge in [0.25, 0.3) is 0 Å². The molecule has 32 heavy (non-hydrogen) atoms. The molecule has 1 aromatic heterocycles. The lowest BCUT2D eigenvalue weighted by molar-refractivity contribution is 0.111. The molecule has 0 bridgehead atoms. The summed E-state index contributed by atoms with van der Waals surface area (Å²) in [6.07, 6.45) is 0.839. The zero-order valence-electron chi connectivity index (χ0n) is 16.8. The molecule has 2 heterocycles. The van der Waals surface area contributed by atoms with Gasteiger partial charge in [-0.3, -0.25) is 4.79 Å². The first-order valence-electron chi connectivity index (χ1n) is 9.93. The standard InChI is InChI=1S/C25H17I2NO3S/c26-17-3-9-20(10-4-17)28(21-11-5-18(27)6-12-21)19-7-1-16(2-8-19)25-24-23(22(15-29)32-25)30-13-14-31-24/h1-12,15H,13-14H2. The van der Waals surface area contributed by atoms with Gasteiger partial charge in [-0.15, -0.1) is 11.3 Å². The molecule has 0 N–H and O–H groups in total. The first-order chi connectivity index (χ1) is 15.6. The number of aldehydes is 1. The Labute approximate surface area is 217 Å². The molecule has 0 saturated carbocycles. The summed E-state index contributed by atoms with van der Waals surface area (Å²) in [5, 5.41) is 0. The summed E-state index contributed by atoms with van der Waals surface area (Å²) in [5.74, 6) is 1.23. The van der Waals surface area contributed by atoms with E-state index < -0.39 is 0 Å². The van der Waals surface area contributed by atoms with E-state index >= 15 is 0 Å². The molecular formula is C25H17I2NO3S. The van der Waals surface area contributed by atoms with Gasteiger partial charge in [-0.05, 0) is 111 Å². The number of fused-ring (bicyclic) bond motifs is 1. The lowest BCUT2D eigenvalue weighted by Gasteiger charge is -2.26. The molecule has 0 aliphatic carbocycles. The SMILES string of the molecule is O=Cc1sc(-c2ccc(N(c3ccc(I)cc3)c3ccc(I)cc3)cc2)c2c1OCCO2. The van der Waals surface area contributed by atoms with E-state index in [2.05, 4.69) is 123 Å². The van der Waals surface area contributed by atoms with Crippen LogP contribution in [-0.4, -0.2) is 19.5 Å². The van der Waals surface area contributed by atoms with Crippen LogP contribution < -0.4 is 14.4 Å². The minimum atomic E-state index is 0.462. The third-order valence-corrected chi connectivity index (χ3v) is 7.65. The molecule has 0 saturated heterocycles. The predicted molar refractivity (Wildman–Crippen MR) is 146 cm³/mol. The van der Waals surface area contributed by atoms with Gasteiger partial charge in [0.15, 0.2) is 17.8 Å². The second-order valence-electron chi connectivity index (χ2n) is 7.10. The van der Waals surface area contributed by atoms with Crippen molar-refractivity contribution in [2.75, 3.05) is 18.1 Å². The first kappa shape index (κ1) is 21.7. The number of ether oxygens (including phenoxy) is 2. The van der Waals surface area contributed by atoms with Gasteiger partial charge in [0, 0.05) is 24.2 Å². The fourth-order valence-electron chi connectivity index (χ4n) is 3.63. The van der Waals surface area contributed by atoms with Gasteiger partial charge in [0.05, 0.1) is 4.88 Å². The Morgan fingerprint density at radius 2 is 1.19 bits per heavy atom. The Hall–Kier alpha value is -2.11. The Balaban J connectivity index is 1.56. The molecule has 4 aromatic rings. The molecule has 0 fully saturated rings. The molecule has 160 valence electrons. The van der Waals surface area contributed by atoms with E-state index in [0.717, 1.165) is 33.8 Å². The third-order valence-electron chi connectivity index (χ3n) is 5.09. The molecule has 7 heteroatoms. The summed E-state index contributed by atoms with van der Waals surface area (Å²) in [7, 11) is 0. The summed E-state index contributed by atoms with van der Waals surface area (Å²) in [4.78, 5) is 15.2.